The summed E-state index contributed by atoms with van der Waals surface area (Å²) in [5.41, 5.74) is 4.11. The minimum atomic E-state index is -0.294. The number of hydrogen-bond donors (Lipinski definition) is 1. The first-order chi connectivity index (χ1) is 15.7. The molecule has 4 rings (SSSR count). The maximum atomic E-state index is 13.0. The van der Waals surface area contributed by atoms with E-state index < -0.39 is 0 Å². The second-order valence-electron chi connectivity index (χ2n) is 7.54. The van der Waals surface area contributed by atoms with Crippen molar-refractivity contribution in [1.82, 2.24) is 14.9 Å². The van der Waals surface area contributed by atoms with Crippen molar-refractivity contribution < 1.29 is 4.79 Å². The standard InChI is InChI=1S/C27H24N4O/c1-2-31-19-25(22-15-13-21(18-28)14-16-22)29-26(31)24(17-20-9-5-3-6-10-20)30-27(32)23-11-7-4-8-12-23/h3-16,19,24H,2,17H2,1H3,(H,30,32)/t24-/m0/s1. The van der Waals surface area contributed by atoms with Gasteiger partial charge in [0.1, 0.15) is 5.82 Å². The zero-order chi connectivity index (χ0) is 22.3. The lowest BCUT2D eigenvalue weighted by molar-refractivity contribution is 0.0934. The van der Waals surface area contributed by atoms with E-state index in [1.54, 1.807) is 12.1 Å². The Balaban J connectivity index is 1.70. The summed E-state index contributed by atoms with van der Waals surface area (Å²) in [6.07, 6.45) is 2.63. The Morgan fingerprint density at radius 1 is 1.00 bits per heavy atom. The summed E-state index contributed by atoms with van der Waals surface area (Å²) in [5, 5.41) is 12.3. The molecular weight excluding hydrogens is 396 g/mol. The fourth-order valence-electron chi connectivity index (χ4n) is 3.70. The topological polar surface area (TPSA) is 70.7 Å². The maximum absolute atomic E-state index is 13.0. The molecule has 1 aromatic heterocycles. The van der Waals surface area contributed by atoms with E-state index in [9.17, 15) is 4.79 Å². The molecule has 0 unspecified atom stereocenters. The minimum absolute atomic E-state index is 0.128. The molecule has 0 saturated carbocycles. The van der Waals surface area contributed by atoms with Crippen LogP contribution >= 0.6 is 0 Å². The van der Waals surface area contributed by atoms with Gasteiger partial charge in [-0.1, -0.05) is 60.7 Å². The molecule has 1 N–H and O–H groups in total. The summed E-state index contributed by atoms with van der Waals surface area (Å²) in [4.78, 5) is 17.9. The lowest BCUT2D eigenvalue weighted by Gasteiger charge is -2.20. The Morgan fingerprint density at radius 3 is 2.28 bits per heavy atom. The van der Waals surface area contributed by atoms with E-state index in [0.717, 1.165) is 29.2 Å². The van der Waals surface area contributed by atoms with Crippen LogP contribution < -0.4 is 5.32 Å². The molecule has 32 heavy (non-hydrogen) atoms. The Hall–Kier alpha value is -4.17. The molecule has 0 aliphatic heterocycles. The van der Waals surface area contributed by atoms with Gasteiger partial charge in [0.25, 0.3) is 5.91 Å². The van der Waals surface area contributed by atoms with Crippen LogP contribution in [0, 0.1) is 11.3 Å². The summed E-state index contributed by atoms with van der Waals surface area (Å²) in [6.45, 7) is 2.79. The van der Waals surface area contributed by atoms with Crippen LogP contribution in [0.2, 0.25) is 0 Å². The van der Waals surface area contributed by atoms with Gasteiger partial charge in [-0.3, -0.25) is 4.79 Å². The summed E-state index contributed by atoms with van der Waals surface area (Å²) < 4.78 is 2.08. The third-order valence-corrected chi connectivity index (χ3v) is 5.39. The summed E-state index contributed by atoms with van der Waals surface area (Å²) >= 11 is 0. The molecule has 0 radical (unpaired) electrons. The first-order valence-electron chi connectivity index (χ1n) is 10.7. The molecule has 158 valence electrons. The van der Waals surface area contributed by atoms with Gasteiger partial charge in [0.05, 0.1) is 23.4 Å². The highest BCUT2D eigenvalue weighted by Crippen LogP contribution is 2.25. The predicted octanol–water partition coefficient (Wildman–Crippen LogP) is 5.16. The Bertz CT molecular complexity index is 1220. The van der Waals surface area contributed by atoms with Crippen molar-refractivity contribution in [3.8, 4) is 17.3 Å². The molecule has 0 saturated heterocycles. The van der Waals surface area contributed by atoms with E-state index in [4.69, 9.17) is 10.2 Å². The number of aromatic nitrogens is 2. The third-order valence-electron chi connectivity index (χ3n) is 5.39. The lowest BCUT2D eigenvalue weighted by Crippen LogP contribution is -2.32. The van der Waals surface area contributed by atoms with Crippen LogP contribution in [0.4, 0.5) is 0 Å². The van der Waals surface area contributed by atoms with Gasteiger partial charge >= 0.3 is 0 Å². The van der Waals surface area contributed by atoms with Crippen molar-refractivity contribution in [3.05, 3.63) is 114 Å². The highest BCUT2D eigenvalue weighted by atomic mass is 16.1. The van der Waals surface area contributed by atoms with Gasteiger partial charge in [0, 0.05) is 23.9 Å². The van der Waals surface area contributed by atoms with Crippen molar-refractivity contribution >= 4 is 5.91 Å². The molecule has 0 fully saturated rings. The molecule has 0 bridgehead atoms. The molecular formula is C27H24N4O. The quantitative estimate of drug-likeness (QED) is 0.449. The summed E-state index contributed by atoms with van der Waals surface area (Å²) in [7, 11) is 0. The maximum Gasteiger partial charge on any atom is 0.251 e. The Labute approximate surface area is 188 Å². The molecule has 5 nitrogen and oxygen atoms in total. The van der Waals surface area contributed by atoms with Gasteiger partial charge in [0.15, 0.2) is 0 Å². The van der Waals surface area contributed by atoms with Crippen LogP contribution in [-0.4, -0.2) is 15.5 Å². The van der Waals surface area contributed by atoms with E-state index >= 15 is 0 Å². The molecule has 3 aromatic carbocycles. The summed E-state index contributed by atoms with van der Waals surface area (Å²) in [5.74, 6) is 0.678. The zero-order valence-electron chi connectivity index (χ0n) is 17.9. The number of imidazole rings is 1. The van der Waals surface area contributed by atoms with E-state index in [1.807, 2.05) is 66.9 Å². The zero-order valence-corrected chi connectivity index (χ0v) is 17.9. The number of nitriles is 1. The number of rotatable bonds is 7. The molecule has 1 amide bonds. The van der Waals surface area contributed by atoms with Crippen molar-refractivity contribution in [2.24, 2.45) is 0 Å². The molecule has 5 heteroatoms. The van der Waals surface area contributed by atoms with Crippen LogP contribution in [0.5, 0.6) is 0 Å². The predicted molar refractivity (Wildman–Crippen MR) is 125 cm³/mol. The van der Waals surface area contributed by atoms with E-state index in [-0.39, 0.29) is 11.9 Å². The number of carbonyl (C=O) groups excluding carboxylic acids is 1. The monoisotopic (exact) mass is 420 g/mol. The van der Waals surface area contributed by atoms with Crippen LogP contribution in [0.3, 0.4) is 0 Å². The average Bonchev–Trinajstić information content (AvgIpc) is 3.29. The normalized spacial score (nSPS) is 11.5. The molecule has 1 heterocycles. The number of amides is 1. The van der Waals surface area contributed by atoms with Gasteiger partial charge in [-0.05, 0) is 43.2 Å². The van der Waals surface area contributed by atoms with E-state index in [0.29, 0.717) is 17.5 Å². The van der Waals surface area contributed by atoms with Gasteiger partial charge in [-0.25, -0.2) is 4.98 Å². The van der Waals surface area contributed by atoms with Crippen molar-refractivity contribution in [2.75, 3.05) is 0 Å². The molecule has 0 spiro atoms. The molecule has 0 aliphatic carbocycles. The number of hydrogen-bond acceptors (Lipinski definition) is 3. The van der Waals surface area contributed by atoms with Crippen LogP contribution in [-0.2, 0) is 13.0 Å². The number of nitrogens with zero attached hydrogens (tertiary/aromatic N) is 3. The Kier molecular flexibility index (Phi) is 6.43. The van der Waals surface area contributed by atoms with Crippen LogP contribution in [0.1, 0.15) is 40.3 Å². The number of aryl methyl sites for hydroxylation is 1. The Morgan fingerprint density at radius 2 is 1.66 bits per heavy atom. The average molecular weight is 421 g/mol. The van der Waals surface area contributed by atoms with Gasteiger partial charge in [-0.15, -0.1) is 0 Å². The van der Waals surface area contributed by atoms with Crippen molar-refractivity contribution in [3.63, 3.8) is 0 Å². The smallest absolute Gasteiger partial charge is 0.251 e. The number of carbonyl (C=O) groups is 1. The molecule has 1 atom stereocenters. The minimum Gasteiger partial charge on any atom is -0.342 e. The molecule has 0 aliphatic rings. The van der Waals surface area contributed by atoms with Crippen molar-refractivity contribution in [2.45, 2.75) is 25.9 Å². The van der Waals surface area contributed by atoms with Gasteiger partial charge in [-0.2, -0.15) is 5.26 Å². The van der Waals surface area contributed by atoms with Gasteiger partial charge < -0.3 is 9.88 Å². The largest absolute Gasteiger partial charge is 0.342 e. The van der Waals surface area contributed by atoms with E-state index in [2.05, 4.69) is 35.0 Å². The van der Waals surface area contributed by atoms with Crippen LogP contribution in [0.25, 0.3) is 11.3 Å². The second kappa shape index (κ2) is 9.76. The fourth-order valence-corrected chi connectivity index (χ4v) is 3.70. The number of benzene rings is 3. The van der Waals surface area contributed by atoms with Crippen LogP contribution in [0.15, 0.2) is 91.1 Å². The van der Waals surface area contributed by atoms with Gasteiger partial charge in [0.2, 0.25) is 0 Å². The summed E-state index contributed by atoms with van der Waals surface area (Å²) in [6, 6.07) is 28.6. The SMILES string of the molecule is CCn1cc(-c2ccc(C#N)cc2)nc1[C@H](Cc1ccccc1)NC(=O)c1ccccc1. The second-order valence-corrected chi connectivity index (χ2v) is 7.54. The highest BCUT2D eigenvalue weighted by molar-refractivity contribution is 5.94. The lowest BCUT2D eigenvalue weighted by atomic mass is 10.0. The highest BCUT2D eigenvalue weighted by Gasteiger charge is 2.22. The first kappa shape index (κ1) is 21.1. The van der Waals surface area contributed by atoms with E-state index in [1.165, 1.54) is 0 Å². The van der Waals surface area contributed by atoms with Crippen molar-refractivity contribution in [1.29, 1.82) is 5.26 Å². The first-order valence-corrected chi connectivity index (χ1v) is 10.7. The third kappa shape index (κ3) is 4.76. The fraction of sp³-hybridized carbons (Fsp3) is 0.148. The molecule has 4 aromatic rings. The number of nitrogens with one attached hydrogen (secondary N) is 1.